The molecule has 0 atom stereocenters. The molecule has 0 heteroatoms. The molecular weight excluding hydrogens is 228 g/mol. The van der Waals surface area contributed by atoms with Gasteiger partial charge in [0.25, 0.3) is 0 Å². The molecule has 2 aromatic rings. The van der Waals surface area contributed by atoms with Crippen LogP contribution in [0.3, 0.4) is 0 Å². The topological polar surface area (TPSA) is 0 Å². The fourth-order valence-electron chi connectivity index (χ4n) is 2.31. The highest BCUT2D eigenvalue weighted by atomic mass is 14.1. The first-order valence-electron chi connectivity index (χ1n) is 6.91. The zero-order chi connectivity index (χ0) is 13.3. The van der Waals surface area contributed by atoms with E-state index >= 15 is 0 Å². The molecule has 0 saturated heterocycles. The average Bonchev–Trinajstić information content (AvgIpc) is 2.47. The summed E-state index contributed by atoms with van der Waals surface area (Å²) < 4.78 is 0. The Kier molecular flexibility index (Phi) is 5.43. The molecule has 0 aliphatic carbocycles. The molecule has 0 amide bonds. The second-order valence-corrected chi connectivity index (χ2v) is 4.90. The van der Waals surface area contributed by atoms with Gasteiger partial charge in [0.1, 0.15) is 0 Å². The fourth-order valence-corrected chi connectivity index (χ4v) is 2.31. The largest absolute Gasteiger partial charge is 0.103 e. The Morgan fingerprint density at radius 3 is 1.68 bits per heavy atom. The molecule has 0 heterocycles. The van der Waals surface area contributed by atoms with E-state index in [-0.39, 0.29) is 0 Å². The van der Waals surface area contributed by atoms with Crippen molar-refractivity contribution in [1.29, 1.82) is 0 Å². The van der Waals surface area contributed by atoms with Gasteiger partial charge in [-0.1, -0.05) is 66.7 Å². The highest BCUT2D eigenvalue weighted by Crippen LogP contribution is 2.21. The minimum absolute atomic E-state index is 1.06. The maximum absolute atomic E-state index is 3.83. The molecular formula is C19H21. The quantitative estimate of drug-likeness (QED) is 0.605. The number of benzene rings is 2. The first-order valence-corrected chi connectivity index (χ1v) is 6.91. The highest BCUT2D eigenvalue weighted by molar-refractivity contribution is 5.24. The Hall–Kier alpha value is -1.82. The van der Waals surface area contributed by atoms with Crippen LogP contribution in [-0.4, -0.2) is 0 Å². The Morgan fingerprint density at radius 1 is 0.789 bits per heavy atom. The zero-order valence-corrected chi connectivity index (χ0v) is 11.4. The summed E-state index contributed by atoms with van der Waals surface area (Å²) >= 11 is 0. The van der Waals surface area contributed by atoms with E-state index in [1.807, 2.05) is 6.08 Å². The number of allylic oxidation sites excluding steroid dienone is 1. The van der Waals surface area contributed by atoms with Crippen LogP contribution in [0.5, 0.6) is 0 Å². The van der Waals surface area contributed by atoms with Gasteiger partial charge in [0.15, 0.2) is 0 Å². The second kappa shape index (κ2) is 7.58. The van der Waals surface area contributed by atoms with Crippen LogP contribution in [-0.2, 0) is 12.8 Å². The smallest absolute Gasteiger partial charge is 0.0151 e. The molecule has 0 N–H and O–H groups in total. The van der Waals surface area contributed by atoms with Gasteiger partial charge in [0.2, 0.25) is 0 Å². The molecule has 19 heavy (non-hydrogen) atoms. The summed E-state index contributed by atoms with van der Waals surface area (Å²) in [6.07, 6.45) is 6.35. The van der Waals surface area contributed by atoms with Gasteiger partial charge in [-0.25, -0.2) is 0 Å². The molecule has 1 radical (unpaired) electrons. The molecule has 0 aliphatic heterocycles. The van der Waals surface area contributed by atoms with Gasteiger partial charge >= 0.3 is 0 Å². The van der Waals surface area contributed by atoms with E-state index < -0.39 is 0 Å². The van der Waals surface area contributed by atoms with Crippen LogP contribution in [0.1, 0.15) is 24.0 Å². The van der Waals surface area contributed by atoms with Gasteiger partial charge in [-0.3, -0.25) is 0 Å². The minimum atomic E-state index is 1.06. The Morgan fingerprint density at radius 2 is 1.26 bits per heavy atom. The zero-order valence-electron chi connectivity index (χ0n) is 11.4. The summed E-state index contributed by atoms with van der Waals surface area (Å²) in [6.45, 7) is 3.83. The van der Waals surface area contributed by atoms with Crippen LogP contribution < -0.4 is 0 Å². The minimum Gasteiger partial charge on any atom is -0.103 e. The maximum Gasteiger partial charge on any atom is -0.0151 e. The van der Waals surface area contributed by atoms with Crippen molar-refractivity contribution in [3.05, 3.63) is 90.4 Å². The summed E-state index contributed by atoms with van der Waals surface area (Å²) in [5, 5.41) is 0. The lowest BCUT2D eigenvalue weighted by Crippen LogP contribution is -2.06. The highest BCUT2D eigenvalue weighted by Gasteiger charge is 2.10. The van der Waals surface area contributed by atoms with E-state index in [0.29, 0.717) is 0 Å². The molecule has 0 spiro atoms. The first kappa shape index (κ1) is 13.6. The third-order valence-corrected chi connectivity index (χ3v) is 3.30. The Balaban J connectivity index is 2.01. The van der Waals surface area contributed by atoms with E-state index in [2.05, 4.69) is 67.2 Å². The van der Waals surface area contributed by atoms with E-state index in [4.69, 9.17) is 0 Å². The molecule has 0 nitrogen and oxygen atoms in total. The maximum atomic E-state index is 3.83. The van der Waals surface area contributed by atoms with Gasteiger partial charge in [-0.05, 0) is 42.7 Å². The standard InChI is InChI=1S/C19H21/c1-2-3-10-19(15-17-11-6-4-7-12-17)16-18-13-8-5-9-14-18/h2,4-9,11-14H,1,3,10,15-16H2. The van der Waals surface area contributed by atoms with Gasteiger partial charge in [-0.15, -0.1) is 6.58 Å². The van der Waals surface area contributed by atoms with E-state index in [0.717, 1.165) is 25.7 Å². The molecule has 2 rings (SSSR count). The number of hydrogen-bond acceptors (Lipinski definition) is 0. The van der Waals surface area contributed by atoms with Crippen molar-refractivity contribution < 1.29 is 0 Å². The normalized spacial score (nSPS) is 10.6. The summed E-state index contributed by atoms with van der Waals surface area (Å²) in [4.78, 5) is 0. The SMILES string of the molecule is C=CCC[C](Cc1ccccc1)Cc1ccccc1. The van der Waals surface area contributed by atoms with Crippen molar-refractivity contribution in [2.24, 2.45) is 0 Å². The van der Waals surface area contributed by atoms with Crippen LogP contribution in [0.15, 0.2) is 73.3 Å². The first-order chi connectivity index (χ1) is 9.38. The fraction of sp³-hybridized carbons (Fsp3) is 0.211. The monoisotopic (exact) mass is 249 g/mol. The van der Waals surface area contributed by atoms with Gasteiger partial charge in [0.05, 0.1) is 0 Å². The van der Waals surface area contributed by atoms with E-state index in [1.54, 1.807) is 5.92 Å². The molecule has 0 unspecified atom stereocenters. The van der Waals surface area contributed by atoms with E-state index in [9.17, 15) is 0 Å². The van der Waals surface area contributed by atoms with Crippen molar-refractivity contribution in [3.63, 3.8) is 0 Å². The molecule has 0 saturated carbocycles. The molecule has 0 aliphatic rings. The van der Waals surface area contributed by atoms with Crippen molar-refractivity contribution in [2.45, 2.75) is 25.7 Å². The van der Waals surface area contributed by atoms with Gasteiger partial charge in [0, 0.05) is 0 Å². The summed E-state index contributed by atoms with van der Waals surface area (Å²) in [5.41, 5.74) is 2.80. The lowest BCUT2D eigenvalue weighted by molar-refractivity contribution is 0.738. The van der Waals surface area contributed by atoms with Crippen molar-refractivity contribution in [3.8, 4) is 0 Å². The molecule has 0 aromatic heterocycles. The van der Waals surface area contributed by atoms with Crippen molar-refractivity contribution in [2.75, 3.05) is 0 Å². The van der Waals surface area contributed by atoms with Crippen LogP contribution in [0.25, 0.3) is 0 Å². The third-order valence-electron chi connectivity index (χ3n) is 3.30. The van der Waals surface area contributed by atoms with Crippen LogP contribution in [0.2, 0.25) is 0 Å². The van der Waals surface area contributed by atoms with Gasteiger partial charge < -0.3 is 0 Å². The Bertz CT molecular complexity index is 428. The number of rotatable bonds is 7. The summed E-state index contributed by atoms with van der Waals surface area (Å²) in [5.74, 6) is 1.58. The number of hydrogen-bond donors (Lipinski definition) is 0. The lowest BCUT2D eigenvalue weighted by Gasteiger charge is -2.16. The van der Waals surface area contributed by atoms with Crippen LogP contribution >= 0.6 is 0 Å². The average molecular weight is 249 g/mol. The molecule has 0 bridgehead atoms. The molecule has 97 valence electrons. The lowest BCUT2D eigenvalue weighted by atomic mass is 9.89. The van der Waals surface area contributed by atoms with Gasteiger partial charge in [-0.2, -0.15) is 0 Å². The molecule has 2 aromatic carbocycles. The van der Waals surface area contributed by atoms with Crippen LogP contribution in [0.4, 0.5) is 0 Å². The predicted molar refractivity (Wildman–Crippen MR) is 83.0 cm³/mol. The van der Waals surface area contributed by atoms with Crippen molar-refractivity contribution >= 4 is 0 Å². The molecule has 0 fully saturated rings. The summed E-state index contributed by atoms with van der Waals surface area (Å²) in [6, 6.07) is 21.4. The third kappa shape index (κ3) is 4.75. The predicted octanol–water partition coefficient (Wildman–Crippen LogP) is 5.01. The second-order valence-electron chi connectivity index (χ2n) is 4.90. The Labute approximate surface area is 116 Å². The van der Waals surface area contributed by atoms with Crippen LogP contribution in [0, 0.1) is 5.92 Å². The van der Waals surface area contributed by atoms with Crippen molar-refractivity contribution in [1.82, 2.24) is 0 Å². The van der Waals surface area contributed by atoms with E-state index in [1.165, 1.54) is 11.1 Å². The summed E-state index contributed by atoms with van der Waals surface area (Å²) in [7, 11) is 0.